The third kappa shape index (κ3) is 2.07. The second kappa shape index (κ2) is 3.59. The molecule has 0 aliphatic rings. The molecule has 0 aliphatic carbocycles. The van der Waals surface area contributed by atoms with Crippen LogP contribution in [0.15, 0.2) is 12.4 Å². The molecule has 0 atom stereocenters. The van der Waals surface area contributed by atoms with Crippen LogP contribution in [0, 0.1) is 0 Å². The van der Waals surface area contributed by atoms with Crippen LogP contribution < -0.4 is 5.57 Å². The zero-order valence-electron chi connectivity index (χ0n) is 6.68. The molecule has 0 spiro atoms. The zero-order valence-corrected chi connectivity index (χ0v) is 10.5. The van der Waals surface area contributed by atoms with Crippen molar-refractivity contribution in [2.24, 2.45) is 7.05 Å². The van der Waals surface area contributed by atoms with E-state index in [1.807, 2.05) is 19.4 Å². The van der Waals surface area contributed by atoms with Crippen molar-refractivity contribution >= 4 is 19.4 Å². The van der Waals surface area contributed by atoms with Gasteiger partial charge < -0.3 is 0 Å². The Balaban J connectivity index is 3.22. The number of aromatic nitrogens is 2. The molecular weight excluding hydrogens is 363 g/mol. The molecule has 2 nitrogen and oxygen atoms in total. The summed E-state index contributed by atoms with van der Waals surface area (Å²) in [5.74, 6) is 0. The number of halogens is 1. The first kappa shape index (κ1) is 9.76. The van der Waals surface area contributed by atoms with E-state index in [-0.39, 0.29) is 17.6 Å². The summed E-state index contributed by atoms with van der Waals surface area (Å²) in [6, 6.07) is 0. The minimum absolute atomic E-state index is 0.102. The Morgan fingerprint density at radius 1 is 1.64 bits per heavy atom. The average Bonchev–Trinajstić information content (AvgIpc) is 2.36. The Kier molecular flexibility index (Phi) is 3.18. The van der Waals surface area contributed by atoms with Crippen LogP contribution in [0.4, 0.5) is 0 Å². The first-order valence-corrected chi connectivity index (χ1v) is 11.2. The van der Waals surface area contributed by atoms with Crippen LogP contribution in [-0.2, 0) is 24.7 Å². The molecule has 0 radical (unpaired) electrons. The summed E-state index contributed by atoms with van der Waals surface area (Å²) in [5, 5.41) is 0. The van der Waals surface area contributed by atoms with E-state index in [1.54, 1.807) is 0 Å². The van der Waals surface area contributed by atoms with Gasteiger partial charge in [-0.2, -0.15) is 0 Å². The van der Waals surface area contributed by atoms with Crippen molar-refractivity contribution in [2.75, 3.05) is 13.3 Å². The van der Waals surface area contributed by atoms with Crippen LogP contribution in [0.3, 0.4) is 0 Å². The van der Waals surface area contributed by atoms with Gasteiger partial charge in [0.15, 0.2) is 0 Å². The molecule has 1 heterocycles. The third-order valence-electron chi connectivity index (χ3n) is 1.38. The monoisotopic (exact) mass is 374 g/mol. The van der Waals surface area contributed by atoms with Gasteiger partial charge in [0.05, 0.1) is 0 Å². The van der Waals surface area contributed by atoms with E-state index < -0.39 is 4.69 Å². The van der Waals surface area contributed by atoms with Gasteiger partial charge >= 0.3 is 79.4 Å². The molecule has 11 heavy (non-hydrogen) atoms. The van der Waals surface area contributed by atoms with Gasteiger partial charge in [-0.15, -0.1) is 0 Å². The topological polar surface area (TPSA) is 17.8 Å². The molecule has 1 rings (SSSR count). The quantitative estimate of drug-likeness (QED) is 0.538. The Morgan fingerprint density at radius 2 is 2.27 bits per heavy atom. The molecule has 0 aliphatic heterocycles. The van der Waals surface area contributed by atoms with Gasteiger partial charge in [0.1, 0.15) is 0 Å². The molecule has 0 aromatic carbocycles. The van der Waals surface area contributed by atoms with Crippen LogP contribution in [-0.4, -0.2) is 22.9 Å². The molecule has 0 unspecified atom stereocenters. The Morgan fingerprint density at radius 3 is 2.64 bits per heavy atom. The van der Waals surface area contributed by atoms with E-state index in [4.69, 9.17) is 9.19 Å². The molecule has 68 valence electrons. The number of hydrogen-bond acceptors (Lipinski definition) is 1. The van der Waals surface area contributed by atoms with Gasteiger partial charge in [0.2, 0.25) is 0 Å². The summed E-state index contributed by atoms with van der Waals surface area (Å²) in [7, 11) is 7.98. The number of hydrogen-bond donors (Lipinski definition) is 0. The van der Waals surface area contributed by atoms with Crippen molar-refractivity contribution in [1.29, 1.82) is 0 Å². The molecule has 5 heteroatoms. The third-order valence-corrected chi connectivity index (χ3v) is 13.3. The first-order chi connectivity index (χ1) is 5.08. The summed E-state index contributed by atoms with van der Waals surface area (Å²) in [6.07, 6.45) is 3.82. The molecule has 0 saturated heterocycles. The molecule has 0 amide bonds. The standard InChI is InChI=1S/C6H11N2P.Au.ClH/c1-8-5-4-7-6(8)9(2)3;;/h4-5H,1-3H3;;1H/q;+1;/p-1. The number of nitrogens with zero attached hydrogens (tertiary/aromatic N) is 2. The Labute approximate surface area is 79.3 Å². The van der Waals surface area contributed by atoms with E-state index in [1.165, 1.54) is 5.57 Å². The second-order valence-corrected chi connectivity index (χ2v) is 16.5. The van der Waals surface area contributed by atoms with Crippen molar-refractivity contribution in [1.82, 2.24) is 9.55 Å². The summed E-state index contributed by atoms with van der Waals surface area (Å²) in [5.41, 5.74) is 1.19. The number of imidazole rings is 1. The second-order valence-electron chi connectivity index (χ2n) is 2.62. The summed E-state index contributed by atoms with van der Waals surface area (Å²) >= 11 is -0.102. The molecule has 1 aromatic heterocycles. The normalized spacial score (nSPS) is 12.4. The zero-order chi connectivity index (χ0) is 8.48. The molecule has 0 saturated carbocycles. The van der Waals surface area contributed by atoms with Gasteiger partial charge in [0.25, 0.3) is 0 Å². The molecule has 0 N–H and O–H groups in total. The van der Waals surface area contributed by atoms with Crippen LogP contribution in [0.5, 0.6) is 0 Å². The molecule has 0 bridgehead atoms. The van der Waals surface area contributed by atoms with Gasteiger partial charge in [0, 0.05) is 0 Å². The Bertz CT molecular complexity index is 301. The maximum atomic E-state index is 5.95. The minimum atomic E-state index is -1.05. The molecular formula is C6H11AuClN2P. The van der Waals surface area contributed by atoms with Gasteiger partial charge in [-0.3, -0.25) is 0 Å². The van der Waals surface area contributed by atoms with Crippen molar-refractivity contribution in [3.63, 3.8) is 0 Å². The number of aryl methyl sites for hydroxylation is 1. The van der Waals surface area contributed by atoms with Crippen molar-refractivity contribution in [3.8, 4) is 0 Å². The van der Waals surface area contributed by atoms with Crippen molar-refractivity contribution in [3.05, 3.63) is 12.4 Å². The van der Waals surface area contributed by atoms with E-state index in [0.29, 0.717) is 0 Å². The van der Waals surface area contributed by atoms with Crippen LogP contribution in [0.1, 0.15) is 0 Å². The fraction of sp³-hybridized carbons (Fsp3) is 0.500. The van der Waals surface area contributed by atoms with E-state index in [9.17, 15) is 0 Å². The molecule has 1 aromatic rings. The van der Waals surface area contributed by atoms with Crippen molar-refractivity contribution < 1.29 is 17.6 Å². The van der Waals surface area contributed by atoms with E-state index in [2.05, 4.69) is 22.9 Å². The molecule has 0 fully saturated rings. The van der Waals surface area contributed by atoms with Gasteiger partial charge in [-0.1, -0.05) is 0 Å². The summed E-state index contributed by atoms with van der Waals surface area (Å²) < 4.78 is 1.02. The van der Waals surface area contributed by atoms with Gasteiger partial charge in [-0.05, 0) is 0 Å². The summed E-state index contributed by atoms with van der Waals surface area (Å²) in [4.78, 5) is 4.31. The van der Waals surface area contributed by atoms with Crippen LogP contribution in [0.2, 0.25) is 0 Å². The fourth-order valence-corrected chi connectivity index (χ4v) is 5.06. The fourth-order valence-electron chi connectivity index (χ4n) is 0.876. The van der Waals surface area contributed by atoms with E-state index >= 15 is 0 Å². The van der Waals surface area contributed by atoms with Crippen molar-refractivity contribution in [2.45, 2.75) is 0 Å². The maximum absolute atomic E-state index is 5.95. The SMILES string of the molecule is Cn1ccnc1[P](C)(C)=[Au][Cl]. The summed E-state index contributed by atoms with van der Waals surface area (Å²) in [6.45, 7) is 4.48. The van der Waals surface area contributed by atoms with E-state index in [0.717, 1.165) is 0 Å². The van der Waals surface area contributed by atoms with Crippen LogP contribution in [0.25, 0.3) is 0 Å². The van der Waals surface area contributed by atoms with Gasteiger partial charge in [-0.25, -0.2) is 0 Å². The van der Waals surface area contributed by atoms with Crippen LogP contribution >= 0.6 is 13.9 Å². The Hall–Kier alpha value is 0.670. The first-order valence-electron chi connectivity index (χ1n) is 3.11. The number of rotatable bonds is 1. The average molecular weight is 375 g/mol. The predicted octanol–water partition coefficient (Wildman–Crippen LogP) is 1.47. The predicted molar refractivity (Wildman–Crippen MR) is 47.5 cm³/mol.